The highest BCUT2D eigenvalue weighted by atomic mass is 32.1. The lowest BCUT2D eigenvalue weighted by Crippen LogP contribution is -2.60. The standard InChI is InChI=1S/C77H90BN3S/c1-47-40-64-67-65(41-47)81(53-29-32-57-59(43-53)75(14,15)37-35-73(57,10)11)68-55-45-60-61(77(18,19)39-38-76(60,16)17)46-66(55)82-69(68)78(67)62-33-30-54(44-63(62)80(64)52-28-31-56-58(42-52)74(12,13)36-34-72(56,8)9)79(50-24-20-48(21-25-50)70(2,3)4)51-26-22-49(23-27-51)71(5,6)7/h20-33,40-46H,34-39H2,1-19H3. The predicted molar refractivity (Wildman–Crippen MR) is 359 cm³/mol. The third-order valence-electron chi connectivity index (χ3n) is 21.2. The second kappa shape index (κ2) is 18.0. The van der Waals surface area contributed by atoms with Crippen molar-refractivity contribution in [3.8, 4) is 0 Å². The third kappa shape index (κ3) is 8.60. The highest BCUT2D eigenvalue weighted by molar-refractivity contribution is 7.33. The molecule has 422 valence electrons. The fraction of sp³-hybridized carbons (Fsp3) is 0.429. The number of hydrogen-bond acceptors (Lipinski definition) is 4. The van der Waals surface area contributed by atoms with Crippen LogP contribution < -0.4 is 30.4 Å². The van der Waals surface area contributed by atoms with Crippen LogP contribution in [0.15, 0.2) is 127 Å². The Morgan fingerprint density at radius 1 is 0.415 bits per heavy atom. The van der Waals surface area contributed by atoms with E-state index in [-0.39, 0.29) is 50.0 Å². The van der Waals surface area contributed by atoms with E-state index in [1.165, 1.54) is 142 Å². The molecule has 5 aliphatic rings. The summed E-state index contributed by atoms with van der Waals surface area (Å²) in [6.45, 7) is 46.0. The van der Waals surface area contributed by atoms with Gasteiger partial charge < -0.3 is 14.7 Å². The molecule has 82 heavy (non-hydrogen) atoms. The molecule has 0 unspecified atom stereocenters. The van der Waals surface area contributed by atoms with Crippen molar-refractivity contribution in [2.75, 3.05) is 14.7 Å². The number of fused-ring (bicyclic) bond motifs is 9. The molecule has 2 aliphatic heterocycles. The average molecular weight is 1100 g/mol. The van der Waals surface area contributed by atoms with Crippen molar-refractivity contribution in [1.82, 2.24) is 0 Å². The van der Waals surface area contributed by atoms with Gasteiger partial charge in [0.2, 0.25) is 0 Å². The molecule has 0 N–H and O–H groups in total. The number of aryl methyl sites for hydroxylation is 1. The van der Waals surface area contributed by atoms with Crippen molar-refractivity contribution in [2.45, 2.75) is 213 Å². The summed E-state index contributed by atoms with van der Waals surface area (Å²) in [6, 6.07) is 51.9. The normalized spacial score (nSPS) is 19.4. The second-order valence-corrected chi connectivity index (χ2v) is 33.0. The van der Waals surface area contributed by atoms with Crippen molar-refractivity contribution < 1.29 is 0 Å². The van der Waals surface area contributed by atoms with Crippen LogP contribution in [0.5, 0.6) is 0 Å². The number of benzene rings is 7. The molecule has 0 amide bonds. The Morgan fingerprint density at radius 3 is 1.28 bits per heavy atom. The highest BCUT2D eigenvalue weighted by Gasteiger charge is 2.48. The SMILES string of the molecule is Cc1cc2c3c(c1)N(c1ccc4c(c1)C(C)(C)CCC4(C)C)c1c(sc4cc5c(cc14)C(C)(C)CCC5(C)C)B3c1ccc(N(c3ccc(C(C)(C)C)cc3)c3ccc(C(C)(C)C)cc3)cc1N2c1ccc2c(c1)C(C)(C)CCC2(C)C. The maximum absolute atomic E-state index is 2.75. The van der Waals surface area contributed by atoms with Gasteiger partial charge in [-0.05, 0) is 235 Å². The van der Waals surface area contributed by atoms with Gasteiger partial charge in [0.1, 0.15) is 0 Å². The fourth-order valence-corrected chi connectivity index (χ4v) is 16.8. The maximum atomic E-state index is 2.75. The van der Waals surface area contributed by atoms with Crippen LogP contribution in [0.3, 0.4) is 0 Å². The number of anilines is 9. The highest BCUT2D eigenvalue weighted by Crippen LogP contribution is 2.56. The largest absolute Gasteiger partial charge is 0.311 e. The Labute approximate surface area is 497 Å². The first-order valence-corrected chi connectivity index (χ1v) is 31.9. The van der Waals surface area contributed by atoms with Crippen LogP contribution in [-0.4, -0.2) is 6.71 Å². The summed E-state index contributed by atoms with van der Waals surface area (Å²) >= 11 is 2.06. The molecule has 0 bridgehead atoms. The summed E-state index contributed by atoms with van der Waals surface area (Å²) in [6.07, 6.45) is 7.08. The van der Waals surface area contributed by atoms with Crippen LogP contribution in [0.25, 0.3) is 10.1 Å². The van der Waals surface area contributed by atoms with Crippen LogP contribution >= 0.6 is 11.3 Å². The van der Waals surface area contributed by atoms with Crippen LogP contribution in [0.1, 0.15) is 213 Å². The first-order valence-electron chi connectivity index (χ1n) is 31.1. The zero-order valence-corrected chi connectivity index (χ0v) is 54.0. The van der Waals surface area contributed by atoms with E-state index >= 15 is 0 Å². The van der Waals surface area contributed by atoms with E-state index < -0.39 is 0 Å². The monoisotopic (exact) mass is 1100 g/mol. The number of thiophene rings is 1. The molecule has 3 heterocycles. The van der Waals surface area contributed by atoms with Crippen LogP contribution in [0, 0.1) is 6.92 Å². The minimum atomic E-state index is -0.000750. The van der Waals surface area contributed by atoms with Gasteiger partial charge in [-0.2, -0.15) is 0 Å². The lowest BCUT2D eigenvalue weighted by molar-refractivity contribution is 0.332. The van der Waals surface area contributed by atoms with Gasteiger partial charge >= 0.3 is 0 Å². The van der Waals surface area contributed by atoms with Crippen molar-refractivity contribution in [3.05, 3.63) is 177 Å². The molecule has 1 aromatic heterocycles. The Bertz CT molecular complexity index is 3860. The lowest BCUT2D eigenvalue weighted by atomic mass is 9.36. The van der Waals surface area contributed by atoms with Crippen LogP contribution in [0.2, 0.25) is 0 Å². The molecule has 0 atom stereocenters. The summed E-state index contributed by atoms with van der Waals surface area (Å²) < 4.78 is 2.84. The van der Waals surface area contributed by atoms with E-state index in [1.807, 2.05) is 0 Å². The number of rotatable bonds is 5. The molecule has 0 radical (unpaired) electrons. The molecular formula is C77H90BN3S. The predicted octanol–water partition coefficient (Wildman–Crippen LogP) is 20.4. The molecular weight excluding hydrogens is 1010 g/mol. The van der Waals surface area contributed by atoms with E-state index in [2.05, 4.69) is 285 Å². The summed E-state index contributed by atoms with van der Waals surface area (Å²) in [5, 5.41) is 1.39. The zero-order valence-electron chi connectivity index (χ0n) is 53.2. The molecule has 7 aromatic carbocycles. The molecule has 3 nitrogen and oxygen atoms in total. The van der Waals surface area contributed by atoms with Gasteiger partial charge in [0.15, 0.2) is 0 Å². The van der Waals surface area contributed by atoms with Crippen molar-refractivity contribution in [1.29, 1.82) is 0 Å². The fourth-order valence-electron chi connectivity index (χ4n) is 15.4. The van der Waals surface area contributed by atoms with Gasteiger partial charge in [-0.15, -0.1) is 11.3 Å². The molecule has 0 saturated carbocycles. The van der Waals surface area contributed by atoms with Gasteiger partial charge in [0.25, 0.3) is 6.71 Å². The first-order chi connectivity index (χ1) is 38.3. The summed E-state index contributed by atoms with van der Waals surface area (Å²) in [7, 11) is 0. The minimum Gasteiger partial charge on any atom is -0.311 e. The van der Waals surface area contributed by atoms with Crippen molar-refractivity contribution >= 4 is 95.0 Å². The van der Waals surface area contributed by atoms with E-state index in [1.54, 1.807) is 0 Å². The molecule has 3 aliphatic carbocycles. The Kier molecular flexibility index (Phi) is 12.1. The van der Waals surface area contributed by atoms with E-state index in [0.717, 1.165) is 23.5 Å². The molecule has 0 spiro atoms. The Hall–Kier alpha value is -6.04. The Balaban J connectivity index is 1.12. The maximum Gasteiger partial charge on any atom is 0.264 e. The first kappa shape index (κ1) is 55.2. The molecule has 0 saturated heterocycles. The van der Waals surface area contributed by atoms with Gasteiger partial charge in [-0.25, -0.2) is 0 Å². The van der Waals surface area contributed by atoms with Gasteiger partial charge in [-0.1, -0.05) is 167 Å². The molecule has 13 rings (SSSR count). The van der Waals surface area contributed by atoms with Crippen molar-refractivity contribution in [3.63, 3.8) is 0 Å². The molecule has 0 fully saturated rings. The smallest absolute Gasteiger partial charge is 0.264 e. The molecule has 8 aromatic rings. The minimum absolute atomic E-state index is 0.000750. The van der Waals surface area contributed by atoms with Gasteiger partial charge in [0.05, 0.1) is 5.69 Å². The summed E-state index contributed by atoms with van der Waals surface area (Å²) in [5.74, 6) is 0. The second-order valence-electron chi connectivity index (χ2n) is 32.0. The van der Waals surface area contributed by atoms with Gasteiger partial charge in [-0.3, -0.25) is 0 Å². The summed E-state index contributed by atoms with van der Waals surface area (Å²) in [4.78, 5) is 7.96. The number of nitrogens with zero attached hydrogens (tertiary/aromatic N) is 3. The quantitative estimate of drug-likeness (QED) is 0.159. The number of hydrogen-bond donors (Lipinski definition) is 0. The van der Waals surface area contributed by atoms with Gasteiger partial charge in [0, 0.05) is 60.4 Å². The Morgan fingerprint density at radius 2 is 0.817 bits per heavy atom. The average Bonchev–Trinajstić information content (AvgIpc) is 1.50. The van der Waals surface area contributed by atoms with E-state index in [4.69, 9.17) is 0 Å². The van der Waals surface area contributed by atoms with Crippen LogP contribution in [0.4, 0.5) is 51.2 Å². The van der Waals surface area contributed by atoms with E-state index in [9.17, 15) is 0 Å². The van der Waals surface area contributed by atoms with E-state index in [0.29, 0.717) is 0 Å². The summed E-state index contributed by atoms with van der Waals surface area (Å²) in [5.41, 5.74) is 27.4. The lowest BCUT2D eigenvalue weighted by Gasteiger charge is -2.46. The topological polar surface area (TPSA) is 9.72 Å². The molecule has 5 heteroatoms. The van der Waals surface area contributed by atoms with Crippen molar-refractivity contribution in [2.24, 2.45) is 0 Å². The van der Waals surface area contributed by atoms with Crippen LogP contribution in [-0.2, 0) is 43.3 Å². The zero-order chi connectivity index (χ0) is 58.4. The third-order valence-corrected chi connectivity index (χ3v) is 22.4.